The molecule has 0 amide bonds. The van der Waals surface area contributed by atoms with E-state index in [0.29, 0.717) is 22.2 Å². The van der Waals surface area contributed by atoms with Crippen LogP contribution in [0.25, 0.3) is 0 Å². The largest absolute Gasteiger partial charge is 0.378 e. The van der Waals surface area contributed by atoms with Gasteiger partial charge < -0.3 is 10.1 Å². The minimum absolute atomic E-state index is 0.480. The molecule has 0 aromatic heterocycles. The van der Waals surface area contributed by atoms with E-state index in [4.69, 9.17) is 27.9 Å². The summed E-state index contributed by atoms with van der Waals surface area (Å²) >= 11 is 12.0. The van der Waals surface area contributed by atoms with E-state index >= 15 is 0 Å². The van der Waals surface area contributed by atoms with E-state index in [2.05, 4.69) is 11.4 Å². The summed E-state index contributed by atoms with van der Waals surface area (Å²) in [6.45, 7) is 0.948. The van der Waals surface area contributed by atoms with E-state index in [-0.39, 0.29) is 0 Å². The van der Waals surface area contributed by atoms with Crippen molar-refractivity contribution in [3.05, 3.63) is 33.8 Å². The second kappa shape index (κ2) is 8.23. The molecule has 1 aliphatic heterocycles. The topological polar surface area (TPSA) is 21.3 Å². The second-order valence-electron chi connectivity index (χ2n) is 5.50. The van der Waals surface area contributed by atoms with Crippen LogP contribution in [-0.4, -0.2) is 25.8 Å². The molecular formula is C16H23Cl2NO. The van der Waals surface area contributed by atoms with Crippen molar-refractivity contribution in [2.24, 2.45) is 0 Å². The van der Waals surface area contributed by atoms with Crippen molar-refractivity contribution in [1.82, 2.24) is 5.32 Å². The summed E-state index contributed by atoms with van der Waals surface area (Å²) in [5.74, 6) is 0. The minimum Gasteiger partial charge on any atom is -0.378 e. The second-order valence-corrected chi connectivity index (χ2v) is 6.32. The van der Waals surface area contributed by atoms with Crippen molar-refractivity contribution >= 4 is 23.2 Å². The van der Waals surface area contributed by atoms with Crippen LogP contribution in [0.1, 0.15) is 37.7 Å². The molecule has 2 unspecified atom stereocenters. The van der Waals surface area contributed by atoms with Crippen molar-refractivity contribution in [2.75, 3.05) is 13.7 Å². The summed E-state index contributed by atoms with van der Waals surface area (Å²) in [6, 6.07) is 6.37. The van der Waals surface area contributed by atoms with E-state index < -0.39 is 0 Å². The predicted molar refractivity (Wildman–Crippen MR) is 85.8 cm³/mol. The molecule has 1 saturated heterocycles. The molecule has 0 saturated carbocycles. The highest BCUT2D eigenvalue weighted by Crippen LogP contribution is 2.24. The van der Waals surface area contributed by atoms with Gasteiger partial charge in [-0.1, -0.05) is 29.3 Å². The van der Waals surface area contributed by atoms with Gasteiger partial charge in [-0.15, -0.1) is 0 Å². The molecule has 0 bridgehead atoms. The summed E-state index contributed by atoms with van der Waals surface area (Å²) in [5.41, 5.74) is 1.23. The van der Waals surface area contributed by atoms with Gasteiger partial charge in [0.1, 0.15) is 0 Å². The SMILES string of the molecule is CNC(CCCC1CCCO1)Cc1ccc(Cl)c(Cl)c1. The van der Waals surface area contributed by atoms with E-state index in [1.807, 2.05) is 19.2 Å². The average Bonchev–Trinajstić information content (AvgIpc) is 2.95. The summed E-state index contributed by atoms with van der Waals surface area (Å²) < 4.78 is 5.66. The molecule has 4 heteroatoms. The van der Waals surface area contributed by atoms with E-state index in [1.54, 1.807) is 0 Å². The fourth-order valence-corrected chi connectivity index (χ4v) is 3.08. The maximum absolute atomic E-state index is 6.06. The normalized spacial score (nSPS) is 20.2. The van der Waals surface area contributed by atoms with Crippen molar-refractivity contribution < 1.29 is 4.74 Å². The van der Waals surface area contributed by atoms with Crippen molar-refractivity contribution in [1.29, 1.82) is 0 Å². The Morgan fingerprint density at radius 2 is 2.20 bits per heavy atom. The molecule has 2 atom stereocenters. The van der Waals surface area contributed by atoms with Gasteiger partial charge in [-0.05, 0) is 63.3 Å². The predicted octanol–water partition coefficient (Wildman–Crippen LogP) is 4.47. The quantitative estimate of drug-likeness (QED) is 0.801. The van der Waals surface area contributed by atoms with Crippen LogP contribution in [0.5, 0.6) is 0 Å². The maximum atomic E-state index is 6.06. The summed E-state index contributed by atoms with van der Waals surface area (Å²) in [5, 5.41) is 4.65. The molecule has 112 valence electrons. The first kappa shape index (κ1) is 16.1. The van der Waals surface area contributed by atoms with E-state index in [0.717, 1.165) is 19.4 Å². The number of rotatable bonds is 7. The van der Waals surface area contributed by atoms with Crippen molar-refractivity contribution in [2.45, 2.75) is 50.7 Å². The molecule has 1 aromatic carbocycles. The van der Waals surface area contributed by atoms with Gasteiger partial charge in [-0.2, -0.15) is 0 Å². The van der Waals surface area contributed by atoms with Gasteiger partial charge in [0.25, 0.3) is 0 Å². The number of halogens is 2. The van der Waals surface area contributed by atoms with Gasteiger partial charge in [0, 0.05) is 12.6 Å². The maximum Gasteiger partial charge on any atom is 0.0595 e. The van der Waals surface area contributed by atoms with Crippen LogP contribution in [-0.2, 0) is 11.2 Å². The first-order valence-electron chi connectivity index (χ1n) is 7.42. The lowest BCUT2D eigenvalue weighted by molar-refractivity contribution is 0.101. The molecule has 20 heavy (non-hydrogen) atoms. The minimum atomic E-state index is 0.480. The number of likely N-dealkylation sites (N-methyl/N-ethyl adjacent to an activating group) is 1. The van der Waals surface area contributed by atoms with Crippen LogP contribution in [0.3, 0.4) is 0 Å². The van der Waals surface area contributed by atoms with Crippen molar-refractivity contribution in [3.63, 3.8) is 0 Å². The molecule has 1 aromatic rings. The van der Waals surface area contributed by atoms with E-state index in [1.165, 1.54) is 31.2 Å². The molecule has 0 aliphatic carbocycles. The van der Waals surface area contributed by atoms with Crippen molar-refractivity contribution in [3.8, 4) is 0 Å². The lowest BCUT2D eigenvalue weighted by Crippen LogP contribution is -2.27. The summed E-state index contributed by atoms with van der Waals surface area (Å²) in [7, 11) is 2.02. The lowest BCUT2D eigenvalue weighted by atomic mass is 9.99. The Bertz CT molecular complexity index is 419. The molecule has 1 heterocycles. The average molecular weight is 316 g/mol. The molecule has 2 rings (SSSR count). The molecule has 0 radical (unpaired) electrons. The molecule has 2 nitrogen and oxygen atoms in total. The van der Waals surface area contributed by atoms with Crippen LogP contribution < -0.4 is 5.32 Å². The highest BCUT2D eigenvalue weighted by Gasteiger charge is 2.16. The molecule has 1 fully saturated rings. The fourth-order valence-electron chi connectivity index (χ4n) is 2.76. The Morgan fingerprint density at radius 3 is 2.85 bits per heavy atom. The van der Waals surface area contributed by atoms with E-state index in [9.17, 15) is 0 Å². The van der Waals surface area contributed by atoms with Gasteiger partial charge in [0.05, 0.1) is 16.1 Å². The summed E-state index contributed by atoms with van der Waals surface area (Å²) in [4.78, 5) is 0. The highest BCUT2D eigenvalue weighted by molar-refractivity contribution is 6.42. The summed E-state index contributed by atoms with van der Waals surface area (Å²) in [6.07, 6.45) is 7.49. The van der Waals surface area contributed by atoms with Crippen LogP contribution in [0.15, 0.2) is 18.2 Å². The third kappa shape index (κ3) is 4.92. The Morgan fingerprint density at radius 1 is 1.35 bits per heavy atom. The fraction of sp³-hybridized carbons (Fsp3) is 0.625. The monoisotopic (exact) mass is 315 g/mol. The smallest absolute Gasteiger partial charge is 0.0595 e. The first-order valence-corrected chi connectivity index (χ1v) is 8.17. The standard InChI is InChI=1S/C16H23Cl2NO/c1-19-13(4-2-5-14-6-3-9-20-14)10-12-7-8-15(17)16(18)11-12/h7-8,11,13-14,19H,2-6,9-10H2,1H3. The third-order valence-electron chi connectivity index (χ3n) is 3.98. The molecule has 1 aliphatic rings. The van der Waals surface area contributed by atoms with Crippen LogP contribution in [0.4, 0.5) is 0 Å². The van der Waals surface area contributed by atoms with Crippen LogP contribution in [0.2, 0.25) is 10.0 Å². The third-order valence-corrected chi connectivity index (χ3v) is 4.72. The van der Waals surface area contributed by atoms with Gasteiger partial charge in [-0.25, -0.2) is 0 Å². The number of ether oxygens (including phenoxy) is 1. The molecule has 1 N–H and O–H groups in total. The first-order chi connectivity index (χ1) is 9.69. The zero-order valence-electron chi connectivity index (χ0n) is 12.0. The number of nitrogens with one attached hydrogen (secondary N) is 1. The number of benzene rings is 1. The Kier molecular flexibility index (Phi) is 6.63. The number of hydrogen-bond acceptors (Lipinski definition) is 2. The zero-order chi connectivity index (χ0) is 14.4. The van der Waals surface area contributed by atoms with Crippen LogP contribution >= 0.6 is 23.2 Å². The highest BCUT2D eigenvalue weighted by atomic mass is 35.5. The Balaban J connectivity index is 1.77. The molecular weight excluding hydrogens is 293 g/mol. The Hall–Kier alpha value is -0.280. The number of hydrogen-bond donors (Lipinski definition) is 1. The zero-order valence-corrected chi connectivity index (χ0v) is 13.5. The van der Waals surface area contributed by atoms with Gasteiger partial charge >= 0.3 is 0 Å². The van der Waals surface area contributed by atoms with Crippen LogP contribution in [0, 0.1) is 0 Å². The van der Waals surface area contributed by atoms with Gasteiger partial charge in [0.2, 0.25) is 0 Å². The van der Waals surface area contributed by atoms with Gasteiger partial charge in [0.15, 0.2) is 0 Å². The lowest BCUT2D eigenvalue weighted by Gasteiger charge is -2.17. The van der Waals surface area contributed by atoms with Gasteiger partial charge in [-0.3, -0.25) is 0 Å². The Labute approximate surface area is 131 Å². The molecule has 0 spiro atoms.